The number of rotatable bonds is 8. The van der Waals surface area contributed by atoms with Crippen molar-refractivity contribution in [2.75, 3.05) is 6.61 Å². The lowest BCUT2D eigenvalue weighted by atomic mass is 10.1. The van der Waals surface area contributed by atoms with E-state index in [-0.39, 0.29) is 24.9 Å². The van der Waals surface area contributed by atoms with E-state index in [1.165, 1.54) is 12.8 Å². The van der Waals surface area contributed by atoms with Crippen LogP contribution in [-0.2, 0) is 9.53 Å². The van der Waals surface area contributed by atoms with Crippen molar-refractivity contribution in [3.8, 4) is 11.8 Å². The molecule has 0 saturated heterocycles. The standard InChI is InChI=1S/C17H24O4/c1-2-21-17(20)12-11-15(18)7-5-3-4-6-8-16(19)13-14-9-10-14/h3-4,6,8,14-16,18-19H,2,9-13H2,1H3/b4-3+,8-6+/t15-,16+/m1/s1. The van der Waals surface area contributed by atoms with Crippen molar-refractivity contribution in [1.82, 2.24) is 0 Å². The maximum absolute atomic E-state index is 11.1. The van der Waals surface area contributed by atoms with Crippen LogP contribution in [0.1, 0.15) is 39.0 Å². The van der Waals surface area contributed by atoms with Gasteiger partial charge in [-0.15, -0.1) is 0 Å². The van der Waals surface area contributed by atoms with E-state index >= 15 is 0 Å². The van der Waals surface area contributed by atoms with E-state index in [0.717, 1.165) is 6.42 Å². The normalized spacial score (nSPS) is 17.5. The number of esters is 1. The third kappa shape index (κ3) is 9.89. The summed E-state index contributed by atoms with van der Waals surface area (Å²) in [6.45, 7) is 2.09. The van der Waals surface area contributed by atoms with Crippen LogP contribution >= 0.6 is 0 Å². The molecule has 4 nitrogen and oxygen atoms in total. The van der Waals surface area contributed by atoms with Gasteiger partial charge in [-0.3, -0.25) is 4.79 Å². The number of ether oxygens (including phenoxy) is 1. The second kappa shape index (κ2) is 10.2. The van der Waals surface area contributed by atoms with Gasteiger partial charge in [-0.1, -0.05) is 42.9 Å². The average Bonchev–Trinajstić information content (AvgIpc) is 3.24. The van der Waals surface area contributed by atoms with Crippen molar-refractivity contribution in [3.63, 3.8) is 0 Å². The van der Waals surface area contributed by atoms with Gasteiger partial charge in [0.1, 0.15) is 6.10 Å². The first-order chi connectivity index (χ1) is 10.1. The molecule has 1 aliphatic carbocycles. The Hall–Kier alpha value is -1.57. The Morgan fingerprint density at radius 3 is 2.81 bits per heavy atom. The molecular weight excluding hydrogens is 268 g/mol. The van der Waals surface area contributed by atoms with Crippen molar-refractivity contribution in [2.45, 2.75) is 51.2 Å². The predicted molar refractivity (Wildman–Crippen MR) is 81.3 cm³/mol. The molecule has 2 atom stereocenters. The van der Waals surface area contributed by atoms with E-state index in [2.05, 4.69) is 11.8 Å². The van der Waals surface area contributed by atoms with E-state index in [4.69, 9.17) is 4.74 Å². The predicted octanol–water partition coefficient (Wildman–Crippen LogP) is 1.97. The SMILES string of the molecule is CCOC(=O)CC[C@H](O)C#C/C=C/C=C/[C@H](O)CC1CC1. The van der Waals surface area contributed by atoms with Gasteiger partial charge in [-0.2, -0.15) is 0 Å². The molecule has 1 aliphatic rings. The molecule has 2 N–H and O–H groups in total. The molecular formula is C17H24O4. The highest BCUT2D eigenvalue weighted by atomic mass is 16.5. The molecule has 4 heteroatoms. The number of hydrogen-bond acceptors (Lipinski definition) is 4. The summed E-state index contributed by atoms with van der Waals surface area (Å²) in [4.78, 5) is 11.1. The van der Waals surface area contributed by atoms with Crippen molar-refractivity contribution < 1.29 is 19.7 Å². The first-order valence-corrected chi connectivity index (χ1v) is 7.48. The first kappa shape index (κ1) is 17.5. The van der Waals surface area contributed by atoms with Crippen molar-refractivity contribution >= 4 is 5.97 Å². The molecule has 0 unspecified atom stereocenters. The first-order valence-electron chi connectivity index (χ1n) is 7.48. The lowest BCUT2D eigenvalue weighted by molar-refractivity contribution is -0.143. The molecule has 0 aromatic carbocycles. The fraction of sp³-hybridized carbons (Fsp3) is 0.588. The van der Waals surface area contributed by atoms with E-state index in [9.17, 15) is 15.0 Å². The maximum atomic E-state index is 11.1. The second-order valence-corrected chi connectivity index (χ2v) is 5.14. The molecule has 1 rings (SSSR count). The van der Waals surface area contributed by atoms with Crippen molar-refractivity contribution in [2.24, 2.45) is 5.92 Å². The van der Waals surface area contributed by atoms with E-state index in [0.29, 0.717) is 12.5 Å². The topological polar surface area (TPSA) is 66.8 Å². The van der Waals surface area contributed by atoms with Crippen LogP contribution in [0.5, 0.6) is 0 Å². The summed E-state index contributed by atoms with van der Waals surface area (Å²) >= 11 is 0. The highest BCUT2D eigenvalue weighted by Crippen LogP contribution is 2.33. The summed E-state index contributed by atoms with van der Waals surface area (Å²) in [6, 6.07) is 0. The van der Waals surface area contributed by atoms with Gasteiger partial charge in [0.05, 0.1) is 12.7 Å². The Labute approximate surface area is 126 Å². The Balaban J connectivity index is 2.16. The number of hydrogen-bond donors (Lipinski definition) is 2. The number of carbonyl (C=O) groups excluding carboxylic acids is 1. The zero-order chi connectivity index (χ0) is 15.5. The molecule has 0 aromatic heterocycles. The van der Waals surface area contributed by atoms with Crippen LogP contribution in [-0.4, -0.2) is 35.0 Å². The average molecular weight is 292 g/mol. The fourth-order valence-electron chi connectivity index (χ4n) is 1.77. The van der Waals surface area contributed by atoms with E-state index in [1.54, 1.807) is 31.2 Å². The molecule has 0 aliphatic heterocycles. The minimum Gasteiger partial charge on any atom is -0.466 e. The molecule has 0 amide bonds. The summed E-state index contributed by atoms with van der Waals surface area (Å²) in [5.74, 6) is 5.71. The number of allylic oxidation sites excluding steroid dienone is 3. The van der Waals surface area contributed by atoms with Gasteiger partial charge in [-0.05, 0) is 31.8 Å². The lowest BCUT2D eigenvalue weighted by Gasteiger charge is -2.02. The summed E-state index contributed by atoms with van der Waals surface area (Å²) in [7, 11) is 0. The molecule has 0 spiro atoms. The quantitative estimate of drug-likeness (QED) is 0.408. The van der Waals surface area contributed by atoms with E-state index in [1.807, 2.05) is 0 Å². The lowest BCUT2D eigenvalue weighted by Crippen LogP contribution is -2.09. The molecule has 0 aromatic rings. The fourth-order valence-corrected chi connectivity index (χ4v) is 1.77. The van der Waals surface area contributed by atoms with Crippen molar-refractivity contribution in [3.05, 3.63) is 24.3 Å². The molecule has 21 heavy (non-hydrogen) atoms. The minimum atomic E-state index is -0.830. The van der Waals surface area contributed by atoms with Crippen LogP contribution in [0.3, 0.4) is 0 Å². The minimum absolute atomic E-state index is 0.167. The maximum Gasteiger partial charge on any atom is 0.305 e. The zero-order valence-corrected chi connectivity index (χ0v) is 12.5. The van der Waals surface area contributed by atoms with Crippen LogP contribution in [0, 0.1) is 17.8 Å². The van der Waals surface area contributed by atoms with Gasteiger partial charge < -0.3 is 14.9 Å². The number of carbonyl (C=O) groups is 1. The van der Waals surface area contributed by atoms with Crippen LogP contribution in [0.25, 0.3) is 0 Å². The highest BCUT2D eigenvalue weighted by Gasteiger charge is 2.23. The van der Waals surface area contributed by atoms with Crippen LogP contribution in [0.4, 0.5) is 0 Å². The second-order valence-electron chi connectivity index (χ2n) is 5.14. The Morgan fingerprint density at radius 1 is 1.38 bits per heavy atom. The molecule has 1 saturated carbocycles. The molecule has 1 fully saturated rings. The molecule has 0 heterocycles. The third-order valence-corrected chi connectivity index (χ3v) is 3.07. The summed E-state index contributed by atoms with van der Waals surface area (Å²) < 4.78 is 4.76. The summed E-state index contributed by atoms with van der Waals surface area (Å²) in [5.41, 5.74) is 0. The monoisotopic (exact) mass is 292 g/mol. The van der Waals surface area contributed by atoms with Crippen LogP contribution in [0.2, 0.25) is 0 Å². The Kier molecular flexibility index (Phi) is 8.49. The van der Waals surface area contributed by atoms with Gasteiger partial charge in [0.15, 0.2) is 0 Å². The third-order valence-electron chi connectivity index (χ3n) is 3.07. The smallest absolute Gasteiger partial charge is 0.305 e. The summed E-state index contributed by atoms with van der Waals surface area (Å²) in [5, 5.41) is 19.2. The molecule has 116 valence electrons. The zero-order valence-electron chi connectivity index (χ0n) is 12.5. The van der Waals surface area contributed by atoms with Crippen molar-refractivity contribution in [1.29, 1.82) is 0 Å². The van der Waals surface area contributed by atoms with Gasteiger partial charge in [-0.25, -0.2) is 0 Å². The summed E-state index contributed by atoms with van der Waals surface area (Å²) in [6.07, 6.45) is 9.36. The largest absolute Gasteiger partial charge is 0.466 e. The Morgan fingerprint density at radius 2 is 2.14 bits per heavy atom. The van der Waals surface area contributed by atoms with Gasteiger partial charge >= 0.3 is 5.97 Å². The number of aliphatic hydroxyl groups excluding tert-OH is 2. The van der Waals surface area contributed by atoms with Gasteiger partial charge in [0, 0.05) is 6.42 Å². The number of aliphatic hydroxyl groups is 2. The van der Waals surface area contributed by atoms with Crippen LogP contribution in [0.15, 0.2) is 24.3 Å². The van der Waals surface area contributed by atoms with E-state index < -0.39 is 6.10 Å². The highest BCUT2D eigenvalue weighted by molar-refractivity contribution is 5.69. The Bertz CT molecular complexity index is 424. The van der Waals surface area contributed by atoms with Gasteiger partial charge in [0.25, 0.3) is 0 Å². The molecule has 0 radical (unpaired) electrons. The molecule has 0 bridgehead atoms. The van der Waals surface area contributed by atoms with Gasteiger partial charge in [0.2, 0.25) is 0 Å². The van der Waals surface area contributed by atoms with Crippen LogP contribution < -0.4 is 0 Å².